The first-order chi connectivity index (χ1) is 9.20. The van der Waals surface area contributed by atoms with Crippen molar-refractivity contribution in [2.24, 2.45) is 5.73 Å². The van der Waals surface area contributed by atoms with Gasteiger partial charge in [-0.25, -0.2) is 14.6 Å². The summed E-state index contributed by atoms with van der Waals surface area (Å²) in [4.78, 5) is 19.9. The Labute approximate surface area is 117 Å². The monoisotopic (exact) mass is 274 g/mol. The number of nitrogens with two attached hydrogens (primary N) is 2. The Morgan fingerprint density at radius 2 is 1.95 bits per heavy atom. The van der Waals surface area contributed by atoms with E-state index in [1.54, 1.807) is 6.20 Å². The summed E-state index contributed by atoms with van der Waals surface area (Å²) in [5.41, 5.74) is 11.8. The van der Waals surface area contributed by atoms with E-state index in [9.17, 15) is 4.79 Å². The van der Waals surface area contributed by atoms with Crippen molar-refractivity contribution in [3.8, 4) is 5.82 Å². The quantitative estimate of drug-likeness (QED) is 0.846. The van der Waals surface area contributed by atoms with Crippen molar-refractivity contribution in [2.75, 3.05) is 5.73 Å². The van der Waals surface area contributed by atoms with E-state index in [1.807, 2.05) is 27.7 Å². The van der Waals surface area contributed by atoms with Crippen LogP contribution in [-0.4, -0.2) is 25.7 Å². The van der Waals surface area contributed by atoms with Gasteiger partial charge in [0.1, 0.15) is 17.3 Å². The number of nitrogen functional groups attached to an aromatic ring is 1. The van der Waals surface area contributed by atoms with Gasteiger partial charge in [0.25, 0.3) is 5.91 Å². The molecule has 0 aromatic carbocycles. The van der Waals surface area contributed by atoms with Crippen molar-refractivity contribution < 1.29 is 4.79 Å². The molecule has 106 valence electrons. The van der Waals surface area contributed by atoms with Crippen LogP contribution in [0.2, 0.25) is 0 Å². The second-order valence-corrected chi connectivity index (χ2v) is 5.64. The summed E-state index contributed by atoms with van der Waals surface area (Å²) >= 11 is 0. The number of nitrogens with zero attached hydrogens (tertiary/aromatic N) is 4. The largest absolute Gasteiger partial charge is 0.383 e. The third kappa shape index (κ3) is 2.47. The second-order valence-electron chi connectivity index (χ2n) is 5.64. The van der Waals surface area contributed by atoms with Gasteiger partial charge in [-0.2, -0.15) is 5.10 Å². The van der Waals surface area contributed by atoms with E-state index in [0.717, 1.165) is 0 Å². The van der Waals surface area contributed by atoms with Crippen molar-refractivity contribution in [3.63, 3.8) is 0 Å². The van der Waals surface area contributed by atoms with Gasteiger partial charge in [0.15, 0.2) is 5.82 Å². The molecule has 4 N–H and O–H groups in total. The number of hydrogen-bond acceptors (Lipinski definition) is 5. The summed E-state index contributed by atoms with van der Waals surface area (Å²) in [6, 6.07) is 1.54. The zero-order valence-corrected chi connectivity index (χ0v) is 12.0. The summed E-state index contributed by atoms with van der Waals surface area (Å²) in [6.45, 7) is 7.80. The molecule has 2 aromatic heterocycles. The first-order valence-electron chi connectivity index (χ1n) is 6.20. The normalized spacial score (nSPS) is 11.6. The zero-order valence-electron chi connectivity index (χ0n) is 12.0. The fourth-order valence-electron chi connectivity index (χ4n) is 1.65. The van der Waals surface area contributed by atoms with Crippen LogP contribution >= 0.6 is 0 Å². The van der Waals surface area contributed by atoms with Gasteiger partial charge in [-0.3, -0.25) is 4.79 Å². The van der Waals surface area contributed by atoms with Crippen LogP contribution < -0.4 is 11.5 Å². The summed E-state index contributed by atoms with van der Waals surface area (Å²) in [7, 11) is 0. The topological polar surface area (TPSA) is 113 Å². The van der Waals surface area contributed by atoms with E-state index >= 15 is 0 Å². The van der Waals surface area contributed by atoms with Crippen LogP contribution in [0.4, 0.5) is 5.82 Å². The number of amides is 1. The highest BCUT2D eigenvalue weighted by Crippen LogP contribution is 2.23. The van der Waals surface area contributed by atoms with Crippen LogP contribution in [-0.2, 0) is 5.41 Å². The van der Waals surface area contributed by atoms with Crippen molar-refractivity contribution >= 4 is 11.7 Å². The van der Waals surface area contributed by atoms with Gasteiger partial charge in [-0.05, 0) is 13.0 Å². The van der Waals surface area contributed by atoms with Crippen LogP contribution in [0.3, 0.4) is 0 Å². The highest BCUT2D eigenvalue weighted by molar-refractivity contribution is 5.90. The highest BCUT2D eigenvalue weighted by Gasteiger charge is 2.21. The molecule has 2 heterocycles. The molecular formula is C13H18N6O. The van der Waals surface area contributed by atoms with Gasteiger partial charge >= 0.3 is 0 Å². The van der Waals surface area contributed by atoms with E-state index in [0.29, 0.717) is 23.0 Å². The summed E-state index contributed by atoms with van der Waals surface area (Å²) in [6.07, 6.45) is 1.63. The molecular weight excluding hydrogens is 256 g/mol. The lowest BCUT2D eigenvalue weighted by Gasteiger charge is -2.19. The Bertz CT molecular complexity index is 668. The molecule has 7 nitrogen and oxygen atoms in total. The molecule has 0 saturated heterocycles. The van der Waals surface area contributed by atoms with E-state index in [4.69, 9.17) is 11.5 Å². The Balaban J connectivity index is 2.60. The van der Waals surface area contributed by atoms with Gasteiger partial charge in [-0.15, -0.1) is 0 Å². The highest BCUT2D eigenvalue weighted by atomic mass is 16.1. The Kier molecular flexibility index (Phi) is 3.21. The number of aromatic nitrogens is 4. The Hall–Kier alpha value is -2.44. The predicted octanol–water partition coefficient (Wildman–Crippen LogP) is 0.949. The van der Waals surface area contributed by atoms with Crippen LogP contribution in [0.15, 0.2) is 12.3 Å². The van der Waals surface area contributed by atoms with Gasteiger partial charge in [0.05, 0.1) is 0 Å². The maximum atomic E-state index is 11.1. The number of carbonyl (C=O) groups excluding carboxylic acids is 1. The molecule has 2 rings (SSSR count). The SMILES string of the molecule is Cc1c(N)nc(C(C)(C)C)nc1-n1ccc(C(N)=O)n1. The molecule has 0 aliphatic rings. The van der Waals surface area contributed by atoms with Crippen molar-refractivity contribution in [3.05, 3.63) is 29.3 Å². The first-order valence-corrected chi connectivity index (χ1v) is 6.20. The second kappa shape index (κ2) is 4.59. The summed E-state index contributed by atoms with van der Waals surface area (Å²) in [5.74, 6) is 0.983. The first kappa shape index (κ1) is 14.0. The van der Waals surface area contributed by atoms with E-state index < -0.39 is 5.91 Å². The molecule has 0 aliphatic heterocycles. The van der Waals surface area contributed by atoms with Crippen molar-refractivity contribution in [1.29, 1.82) is 0 Å². The van der Waals surface area contributed by atoms with Gasteiger partial charge in [-0.1, -0.05) is 20.8 Å². The number of hydrogen-bond donors (Lipinski definition) is 2. The number of rotatable bonds is 2. The average Bonchev–Trinajstić information content (AvgIpc) is 2.80. The third-order valence-corrected chi connectivity index (χ3v) is 2.89. The molecule has 0 bridgehead atoms. The minimum Gasteiger partial charge on any atom is -0.383 e. The average molecular weight is 274 g/mol. The lowest BCUT2D eigenvalue weighted by atomic mass is 9.95. The maximum Gasteiger partial charge on any atom is 0.269 e. The summed E-state index contributed by atoms with van der Waals surface area (Å²) in [5, 5.41) is 4.10. The molecule has 0 atom stereocenters. The molecule has 0 radical (unpaired) electrons. The molecule has 7 heteroatoms. The fraction of sp³-hybridized carbons (Fsp3) is 0.385. The standard InChI is InChI=1S/C13H18N6O/c1-7-9(14)16-12(13(2,3)4)17-11(7)19-6-5-8(18-19)10(15)20/h5-6H,1-4H3,(H2,15,20)(H2,14,16,17). The van der Waals surface area contributed by atoms with Crippen LogP contribution in [0, 0.1) is 6.92 Å². The van der Waals surface area contributed by atoms with E-state index in [-0.39, 0.29) is 11.1 Å². The zero-order chi connectivity index (χ0) is 15.1. The van der Waals surface area contributed by atoms with E-state index in [1.165, 1.54) is 10.7 Å². The molecule has 0 aliphatic carbocycles. The third-order valence-electron chi connectivity index (χ3n) is 2.89. The molecule has 0 unspecified atom stereocenters. The number of anilines is 1. The number of carbonyl (C=O) groups is 1. The fourth-order valence-corrected chi connectivity index (χ4v) is 1.65. The Morgan fingerprint density at radius 3 is 2.45 bits per heavy atom. The maximum absolute atomic E-state index is 11.1. The van der Waals surface area contributed by atoms with E-state index in [2.05, 4.69) is 15.1 Å². The lowest BCUT2D eigenvalue weighted by Crippen LogP contribution is -2.20. The van der Waals surface area contributed by atoms with Gasteiger partial charge in [0.2, 0.25) is 0 Å². The molecule has 0 spiro atoms. The van der Waals surface area contributed by atoms with Crippen LogP contribution in [0.1, 0.15) is 42.6 Å². The Morgan fingerprint density at radius 1 is 1.30 bits per heavy atom. The van der Waals surface area contributed by atoms with Crippen LogP contribution in [0.25, 0.3) is 5.82 Å². The molecule has 1 amide bonds. The minimum atomic E-state index is -0.584. The molecule has 0 saturated carbocycles. The smallest absolute Gasteiger partial charge is 0.269 e. The number of primary amides is 1. The summed E-state index contributed by atoms with van der Waals surface area (Å²) < 4.78 is 1.49. The lowest BCUT2D eigenvalue weighted by molar-refractivity contribution is 0.0995. The minimum absolute atomic E-state index is 0.180. The molecule has 2 aromatic rings. The van der Waals surface area contributed by atoms with Crippen molar-refractivity contribution in [1.82, 2.24) is 19.7 Å². The van der Waals surface area contributed by atoms with Gasteiger partial charge < -0.3 is 11.5 Å². The molecule has 0 fully saturated rings. The van der Waals surface area contributed by atoms with Crippen molar-refractivity contribution in [2.45, 2.75) is 33.1 Å². The van der Waals surface area contributed by atoms with Crippen LogP contribution in [0.5, 0.6) is 0 Å². The molecule has 20 heavy (non-hydrogen) atoms. The van der Waals surface area contributed by atoms with Gasteiger partial charge in [0, 0.05) is 17.2 Å². The predicted molar refractivity (Wildman–Crippen MR) is 75.5 cm³/mol.